The van der Waals surface area contributed by atoms with Crippen LogP contribution in [0.2, 0.25) is 5.22 Å². The molecule has 0 saturated carbocycles. The lowest BCUT2D eigenvalue weighted by molar-refractivity contribution is 0.0926. The van der Waals surface area contributed by atoms with Crippen molar-refractivity contribution in [3.05, 3.63) is 23.1 Å². The Kier molecular flexibility index (Phi) is 6.36. The number of furan rings is 1. The second-order valence-corrected chi connectivity index (χ2v) is 2.84. The van der Waals surface area contributed by atoms with Gasteiger partial charge >= 0.3 is 0 Å². The Hall–Kier alpha value is -0.710. The summed E-state index contributed by atoms with van der Waals surface area (Å²) in [6, 6.07) is 3.07. The molecule has 0 bridgehead atoms. The average Bonchev–Trinajstić information content (AvgIpc) is 2.52. The van der Waals surface area contributed by atoms with Crippen molar-refractivity contribution in [2.75, 3.05) is 20.1 Å². The highest BCUT2D eigenvalue weighted by Crippen LogP contribution is 2.12. The molecule has 2 N–H and O–H groups in total. The molecule has 1 heterocycles. The van der Waals surface area contributed by atoms with E-state index in [0.717, 1.165) is 6.54 Å². The summed E-state index contributed by atoms with van der Waals surface area (Å²) in [7, 11) is 1.82. The monoisotopic (exact) mass is 238 g/mol. The van der Waals surface area contributed by atoms with Crippen LogP contribution in [0.1, 0.15) is 10.6 Å². The first-order valence-corrected chi connectivity index (χ1v) is 4.30. The van der Waals surface area contributed by atoms with E-state index < -0.39 is 0 Å². The SMILES string of the molecule is CNCCNC(=O)c1ccc(Cl)o1.Cl. The molecule has 1 aromatic rings. The van der Waals surface area contributed by atoms with Crippen LogP contribution in [0.5, 0.6) is 0 Å². The van der Waals surface area contributed by atoms with Crippen LogP contribution in [0.3, 0.4) is 0 Å². The first kappa shape index (κ1) is 13.3. The van der Waals surface area contributed by atoms with Gasteiger partial charge in [-0.3, -0.25) is 4.79 Å². The molecule has 1 aromatic heterocycles. The van der Waals surface area contributed by atoms with Crippen LogP contribution in [-0.4, -0.2) is 26.0 Å². The van der Waals surface area contributed by atoms with Crippen molar-refractivity contribution in [2.24, 2.45) is 0 Å². The maximum atomic E-state index is 11.2. The number of amides is 1. The van der Waals surface area contributed by atoms with E-state index in [1.807, 2.05) is 7.05 Å². The summed E-state index contributed by atoms with van der Waals surface area (Å²) in [5, 5.41) is 5.79. The predicted octanol–water partition coefficient (Wildman–Crippen LogP) is 1.30. The average molecular weight is 239 g/mol. The number of rotatable bonds is 4. The number of hydrogen-bond acceptors (Lipinski definition) is 3. The Labute approximate surface area is 93.4 Å². The molecule has 0 unspecified atom stereocenters. The van der Waals surface area contributed by atoms with Crippen LogP contribution in [0.25, 0.3) is 0 Å². The summed E-state index contributed by atoms with van der Waals surface area (Å²) in [5.41, 5.74) is 0. The van der Waals surface area contributed by atoms with Gasteiger partial charge in [0.1, 0.15) is 0 Å². The van der Waals surface area contributed by atoms with Crippen molar-refractivity contribution in [3.63, 3.8) is 0 Å². The molecular formula is C8H12Cl2N2O2. The zero-order valence-electron chi connectivity index (χ0n) is 7.67. The Balaban J connectivity index is 0.00000169. The van der Waals surface area contributed by atoms with Crippen molar-refractivity contribution >= 4 is 29.9 Å². The lowest BCUT2D eigenvalue weighted by Crippen LogP contribution is -2.30. The molecule has 0 aliphatic heterocycles. The fraction of sp³-hybridized carbons (Fsp3) is 0.375. The summed E-state index contributed by atoms with van der Waals surface area (Å²) in [5.74, 6) is -0.0109. The van der Waals surface area contributed by atoms with Gasteiger partial charge in [0.2, 0.25) is 0 Å². The quantitative estimate of drug-likeness (QED) is 0.779. The zero-order chi connectivity index (χ0) is 9.68. The van der Waals surface area contributed by atoms with Gasteiger partial charge in [0.05, 0.1) is 0 Å². The van der Waals surface area contributed by atoms with E-state index in [1.54, 1.807) is 0 Å². The van der Waals surface area contributed by atoms with E-state index in [1.165, 1.54) is 12.1 Å². The lowest BCUT2D eigenvalue weighted by atomic mass is 10.4. The van der Waals surface area contributed by atoms with Crippen LogP contribution in [0.4, 0.5) is 0 Å². The van der Waals surface area contributed by atoms with E-state index in [2.05, 4.69) is 10.6 Å². The molecule has 0 atom stereocenters. The molecule has 4 nitrogen and oxygen atoms in total. The largest absolute Gasteiger partial charge is 0.440 e. The van der Waals surface area contributed by atoms with Gasteiger partial charge in [0.15, 0.2) is 11.0 Å². The molecule has 14 heavy (non-hydrogen) atoms. The second kappa shape index (κ2) is 6.70. The maximum Gasteiger partial charge on any atom is 0.287 e. The van der Waals surface area contributed by atoms with Crippen LogP contribution in [0, 0.1) is 0 Å². The topological polar surface area (TPSA) is 54.3 Å². The third kappa shape index (κ3) is 4.00. The van der Waals surface area contributed by atoms with E-state index in [4.69, 9.17) is 16.0 Å². The molecule has 6 heteroatoms. The molecule has 0 aromatic carbocycles. The minimum atomic E-state index is -0.248. The van der Waals surface area contributed by atoms with E-state index in [0.29, 0.717) is 6.54 Å². The molecule has 1 rings (SSSR count). The normalized spacial score (nSPS) is 9.29. The number of hydrogen-bond donors (Lipinski definition) is 2. The molecule has 1 amide bonds. The first-order valence-electron chi connectivity index (χ1n) is 3.92. The highest BCUT2D eigenvalue weighted by molar-refractivity contribution is 6.29. The highest BCUT2D eigenvalue weighted by Gasteiger charge is 2.08. The molecule has 0 aliphatic carbocycles. The summed E-state index contributed by atoms with van der Waals surface area (Å²) < 4.78 is 4.91. The van der Waals surface area contributed by atoms with Crippen LogP contribution < -0.4 is 10.6 Å². The molecule has 0 fully saturated rings. The van der Waals surface area contributed by atoms with Crippen LogP contribution in [-0.2, 0) is 0 Å². The van der Waals surface area contributed by atoms with Gasteiger partial charge in [-0.15, -0.1) is 12.4 Å². The van der Waals surface area contributed by atoms with Gasteiger partial charge in [-0.05, 0) is 30.8 Å². The third-order valence-electron chi connectivity index (χ3n) is 1.46. The van der Waals surface area contributed by atoms with Gasteiger partial charge in [-0.25, -0.2) is 0 Å². The minimum absolute atomic E-state index is 0. The fourth-order valence-electron chi connectivity index (χ4n) is 0.824. The minimum Gasteiger partial charge on any atom is -0.440 e. The molecule has 0 radical (unpaired) electrons. The second-order valence-electron chi connectivity index (χ2n) is 2.46. The third-order valence-corrected chi connectivity index (χ3v) is 1.66. The van der Waals surface area contributed by atoms with Gasteiger partial charge in [-0.1, -0.05) is 0 Å². The zero-order valence-corrected chi connectivity index (χ0v) is 9.24. The summed E-state index contributed by atoms with van der Waals surface area (Å²) in [4.78, 5) is 11.2. The smallest absolute Gasteiger partial charge is 0.287 e. The number of halogens is 2. The van der Waals surface area contributed by atoms with Crippen molar-refractivity contribution in [1.82, 2.24) is 10.6 Å². The van der Waals surface area contributed by atoms with Gasteiger partial charge < -0.3 is 15.1 Å². The van der Waals surface area contributed by atoms with Gasteiger partial charge in [0.25, 0.3) is 5.91 Å². The summed E-state index contributed by atoms with van der Waals surface area (Å²) in [6.07, 6.45) is 0. The number of carbonyl (C=O) groups excluding carboxylic acids is 1. The molecule has 0 spiro atoms. The molecule has 80 valence electrons. The Bertz CT molecular complexity index is 289. The van der Waals surface area contributed by atoms with Crippen LogP contribution >= 0.6 is 24.0 Å². The van der Waals surface area contributed by atoms with Crippen LogP contribution in [0.15, 0.2) is 16.5 Å². The first-order chi connectivity index (χ1) is 6.24. The molecule has 0 saturated heterocycles. The molecular weight excluding hydrogens is 227 g/mol. The van der Waals surface area contributed by atoms with Gasteiger partial charge in [-0.2, -0.15) is 0 Å². The number of nitrogens with one attached hydrogen (secondary N) is 2. The van der Waals surface area contributed by atoms with Crippen molar-refractivity contribution in [2.45, 2.75) is 0 Å². The number of carbonyl (C=O) groups is 1. The Morgan fingerprint density at radius 1 is 1.50 bits per heavy atom. The number of likely N-dealkylation sites (N-methyl/N-ethyl adjacent to an activating group) is 1. The van der Waals surface area contributed by atoms with E-state index in [9.17, 15) is 4.79 Å². The maximum absolute atomic E-state index is 11.2. The van der Waals surface area contributed by atoms with E-state index in [-0.39, 0.29) is 29.3 Å². The van der Waals surface area contributed by atoms with Gasteiger partial charge in [0, 0.05) is 13.1 Å². The van der Waals surface area contributed by atoms with E-state index >= 15 is 0 Å². The van der Waals surface area contributed by atoms with Crippen molar-refractivity contribution in [1.29, 1.82) is 0 Å². The predicted molar refractivity (Wildman–Crippen MR) is 57.2 cm³/mol. The Morgan fingerprint density at radius 3 is 2.71 bits per heavy atom. The van der Waals surface area contributed by atoms with Crippen molar-refractivity contribution < 1.29 is 9.21 Å². The van der Waals surface area contributed by atoms with Crippen molar-refractivity contribution in [3.8, 4) is 0 Å². The summed E-state index contributed by atoms with van der Waals surface area (Å²) >= 11 is 5.51. The standard InChI is InChI=1S/C8H11ClN2O2.ClH/c1-10-4-5-11-8(12)6-2-3-7(9)13-6;/h2-3,10H,4-5H2,1H3,(H,11,12);1H. The fourth-order valence-corrected chi connectivity index (χ4v) is 0.971. The lowest BCUT2D eigenvalue weighted by Gasteiger charge is -2.00. The Morgan fingerprint density at radius 2 is 2.21 bits per heavy atom. The highest BCUT2D eigenvalue weighted by atomic mass is 35.5. The molecule has 0 aliphatic rings. The summed E-state index contributed by atoms with van der Waals surface area (Å²) in [6.45, 7) is 1.29.